The SMILES string of the molecule is COc1ccc(NC(=O)C[C@@H]2C(=O)N(c3ccc(F)cc3)C(=O)N2Cc2ccc(OC)c(OC)c2)cc1. The maximum absolute atomic E-state index is 13.5. The average molecular weight is 508 g/mol. The molecular formula is C27H26FN3O6. The predicted molar refractivity (Wildman–Crippen MR) is 134 cm³/mol. The highest BCUT2D eigenvalue weighted by Crippen LogP contribution is 2.32. The molecule has 0 spiro atoms. The summed E-state index contributed by atoms with van der Waals surface area (Å²) in [6.45, 7) is 0.0309. The smallest absolute Gasteiger partial charge is 0.332 e. The second kappa shape index (κ2) is 11.0. The van der Waals surface area contributed by atoms with Crippen molar-refractivity contribution in [2.24, 2.45) is 0 Å². The molecule has 0 radical (unpaired) electrons. The molecule has 1 N–H and O–H groups in total. The van der Waals surface area contributed by atoms with Gasteiger partial charge < -0.3 is 24.4 Å². The van der Waals surface area contributed by atoms with Crippen LogP contribution in [0.4, 0.5) is 20.6 Å². The lowest BCUT2D eigenvalue weighted by Crippen LogP contribution is -2.37. The van der Waals surface area contributed by atoms with E-state index in [1.54, 1.807) is 42.5 Å². The summed E-state index contributed by atoms with van der Waals surface area (Å²) in [5.74, 6) is 0.0724. The van der Waals surface area contributed by atoms with E-state index in [9.17, 15) is 18.8 Å². The van der Waals surface area contributed by atoms with Gasteiger partial charge in [0.25, 0.3) is 5.91 Å². The number of ether oxygens (including phenoxy) is 3. The Kier molecular flexibility index (Phi) is 7.57. The average Bonchev–Trinajstić information content (AvgIpc) is 3.13. The van der Waals surface area contributed by atoms with Crippen LogP contribution in [0.2, 0.25) is 0 Å². The van der Waals surface area contributed by atoms with Crippen LogP contribution in [-0.4, -0.2) is 50.1 Å². The van der Waals surface area contributed by atoms with E-state index >= 15 is 0 Å². The minimum atomic E-state index is -1.08. The zero-order valence-corrected chi connectivity index (χ0v) is 20.6. The maximum atomic E-state index is 13.5. The number of carbonyl (C=O) groups excluding carboxylic acids is 3. The summed E-state index contributed by atoms with van der Waals surface area (Å²) in [6.07, 6.45) is -0.276. The first-order valence-corrected chi connectivity index (χ1v) is 11.4. The number of nitrogens with one attached hydrogen (secondary N) is 1. The number of benzene rings is 3. The molecule has 1 atom stereocenters. The zero-order valence-electron chi connectivity index (χ0n) is 20.6. The Morgan fingerprint density at radius 2 is 1.57 bits per heavy atom. The topological polar surface area (TPSA) is 97.4 Å². The molecule has 1 heterocycles. The Morgan fingerprint density at radius 3 is 2.19 bits per heavy atom. The molecule has 10 heteroatoms. The molecule has 37 heavy (non-hydrogen) atoms. The molecule has 1 aliphatic rings. The monoisotopic (exact) mass is 507 g/mol. The number of hydrogen-bond acceptors (Lipinski definition) is 6. The number of imide groups is 1. The van der Waals surface area contributed by atoms with Gasteiger partial charge in [-0.1, -0.05) is 6.07 Å². The van der Waals surface area contributed by atoms with E-state index in [0.717, 1.165) is 17.0 Å². The van der Waals surface area contributed by atoms with Crippen LogP contribution in [0.3, 0.4) is 0 Å². The van der Waals surface area contributed by atoms with Gasteiger partial charge in [0.05, 0.1) is 33.4 Å². The molecule has 3 aromatic rings. The van der Waals surface area contributed by atoms with Crippen LogP contribution in [0, 0.1) is 5.82 Å². The molecule has 0 bridgehead atoms. The molecule has 4 amide bonds. The second-order valence-electron chi connectivity index (χ2n) is 8.25. The first-order valence-electron chi connectivity index (χ1n) is 11.4. The summed E-state index contributed by atoms with van der Waals surface area (Å²) in [7, 11) is 4.54. The van der Waals surface area contributed by atoms with Crippen molar-refractivity contribution in [3.63, 3.8) is 0 Å². The van der Waals surface area contributed by atoms with Crippen LogP contribution in [0.1, 0.15) is 12.0 Å². The van der Waals surface area contributed by atoms with Gasteiger partial charge in [0.1, 0.15) is 17.6 Å². The lowest BCUT2D eigenvalue weighted by atomic mass is 10.1. The molecule has 9 nitrogen and oxygen atoms in total. The van der Waals surface area contributed by atoms with Crippen molar-refractivity contribution in [2.75, 3.05) is 31.5 Å². The van der Waals surface area contributed by atoms with E-state index in [2.05, 4.69) is 5.32 Å². The highest BCUT2D eigenvalue weighted by Gasteiger charge is 2.46. The van der Waals surface area contributed by atoms with E-state index in [1.165, 1.54) is 38.4 Å². The maximum Gasteiger partial charge on any atom is 0.332 e. The molecule has 192 valence electrons. The number of rotatable bonds is 9. The van der Waals surface area contributed by atoms with Crippen molar-refractivity contribution in [1.29, 1.82) is 0 Å². The normalized spacial score (nSPS) is 15.1. The number of halogens is 1. The van der Waals surface area contributed by atoms with Gasteiger partial charge in [-0.2, -0.15) is 0 Å². The summed E-state index contributed by atoms with van der Waals surface area (Å²) in [6, 6.07) is 15.2. The van der Waals surface area contributed by atoms with E-state index in [4.69, 9.17) is 14.2 Å². The number of amides is 4. The number of anilines is 2. The third kappa shape index (κ3) is 5.48. The second-order valence-corrected chi connectivity index (χ2v) is 8.25. The Morgan fingerprint density at radius 1 is 0.892 bits per heavy atom. The van der Waals surface area contributed by atoms with Crippen LogP contribution >= 0.6 is 0 Å². The van der Waals surface area contributed by atoms with Gasteiger partial charge in [-0.3, -0.25) is 9.59 Å². The number of hydrogen-bond donors (Lipinski definition) is 1. The minimum Gasteiger partial charge on any atom is -0.497 e. The summed E-state index contributed by atoms with van der Waals surface area (Å²) in [5.41, 5.74) is 1.40. The summed E-state index contributed by atoms with van der Waals surface area (Å²) in [5, 5.41) is 2.75. The van der Waals surface area contributed by atoms with Crippen LogP contribution in [0.25, 0.3) is 0 Å². The first-order chi connectivity index (χ1) is 17.8. The molecule has 1 fully saturated rings. The number of methoxy groups -OCH3 is 3. The summed E-state index contributed by atoms with van der Waals surface area (Å²) < 4.78 is 29.2. The fourth-order valence-electron chi connectivity index (χ4n) is 4.08. The van der Waals surface area contributed by atoms with E-state index in [1.807, 2.05) is 0 Å². The minimum absolute atomic E-state index is 0.0309. The lowest BCUT2D eigenvalue weighted by Gasteiger charge is -2.22. The summed E-state index contributed by atoms with van der Waals surface area (Å²) >= 11 is 0. The third-order valence-electron chi connectivity index (χ3n) is 5.96. The zero-order chi connectivity index (χ0) is 26.5. The van der Waals surface area contributed by atoms with Crippen LogP contribution in [-0.2, 0) is 16.1 Å². The summed E-state index contributed by atoms with van der Waals surface area (Å²) in [4.78, 5) is 42.1. The molecule has 0 aliphatic carbocycles. The van der Waals surface area contributed by atoms with E-state index < -0.39 is 29.7 Å². The number of nitrogens with zero attached hydrogens (tertiary/aromatic N) is 2. The molecule has 0 unspecified atom stereocenters. The quantitative estimate of drug-likeness (QED) is 0.436. The van der Waals surface area contributed by atoms with Gasteiger partial charge in [0, 0.05) is 12.2 Å². The van der Waals surface area contributed by atoms with Crippen molar-refractivity contribution in [1.82, 2.24) is 4.90 Å². The first kappa shape index (κ1) is 25.5. The van der Waals surface area contributed by atoms with E-state index in [-0.39, 0.29) is 18.7 Å². The van der Waals surface area contributed by atoms with Gasteiger partial charge in [-0.15, -0.1) is 0 Å². The molecule has 4 rings (SSSR count). The van der Waals surface area contributed by atoms with Gasteiger partial charge in [0.2, 0.25) is 5.91 Å². The van der Waals surface area contributed by atoms with E-state index in [0.29, 0.717) is 28.5 Å². The molecule has 1 aliphatic heterocycles. The fourth-order valence-corrected chi connectivity index (χ4v) is 4.08. The number of urea groups is 1. The van der Waals surface area contributed by atoms with Gasteiger partial charge in [0.15, 0.2) is 11.5 Å². The largest absolute Gasteiger partial charge is 0.497 e. The Hall–Kier alpha value is -4.60. The highest BCUT2D eigenvalue weighted by atomic mass is 19.1. The van der Waals surface area contributed by atoms with Crippen LogP contribution in [0.15, 0.2) is 66.7 Å². The fraction of sp³-hybridized carbons (Fsp3) is 0.222. The molecule has 0 aromatic heterocycles. The molecule has 0 saturated carbocycles. The lowest BCUT2D eigenvalue weighted by molar-refractivity contribution is -0.124. The molecular weight excluding hydrogens is 481 g/mol. The Bertz CT molecular complexity index is 1300. The Balaban J connectivity index is 1.61. The van der Waals surface area contributed by atoms with Crippen molar-refractivity contribution in [3.05, 3.63) is 78.1 Å². The van der Waals surface area contributed by atoms with Gasteiger partial charge >= 0.3 is 6.03 Å². The van der Waals surface area contributed by atoms with Gasteiger partial charge in [-0.05, 0) is 66.2 Å². The highest BCUT2D eigenvalue weighted by molar-refractivity contribution is 6.22. The van der Waals surface area contributed by atoms with Crippen molar-refractivity contribution < 1.29 is 33.0 Å². The Labute approximate surface area is 213 Å². The number of carbonyl (C=O) groups is 3. The van der Waals surface area contributed by atoms with Gasteiger partial charge in [-0.25, -0.2) is 14.1 Å². The van der Waals surface area contributed by atoms with Crippen LogP contribution < -0.4 is 24.4 Å². The standard InChI is InChI=1S/C27H26FN3O6/c1-35-21-11-7-19(8-12-21)29-25(32)15-22-26(33)31(20-9-5-18(28)6-10-20)27(34)30(22)16-17-4-13-23(36-2)24(14-17)37-3/h4-14,22H,15-16H2,1-3H3,(H,29,32)/t22-/m1/s1. The van der Waals surface area contributed by atoms with Crippen molar-refractivity contribution in [2.45, 2.75) is 19.0 Å². The van der Waals surface area contributed by atoms with Crippen molar-refractivity contribution >= 4 is 29.2 Å². The molecule has 3 aromatic carbocycles. The third-order valence-corrected chi connectivity index (χ3v) is 5.96. The van der Waals surface area contributed by atoms with Crippen molar-refractivity contribution in [3.8, 4) is 17.2 Å². The predicted octanol–water partition coefficient (Wildman–Crippen LogP) is 4.22. The molecule has 1 saturated heterocycles. The van der Waals surface area contributed by atoms with Crippen LogP contribution in [0.5, 0.6) is 17.2 Å².